The number of anilines is 2. The first-order valence-electron chi connectivity index (χ1n) is 5.15. The minimum Gasteiger partial charge on any atom is -0.394 e. The number of nitrogens with zero attached hydrogens (tertiary/aromatic N) is 4. The van der Waals surface area contributed by atoms with E-state index >= 15 is 0 Å². The molecule has 0 saturated carbocycles. The number of ether oxygens (including phenoxy) is 1. The number of aliphatic hydroxyl groups excluding tert-OH is 1. The summed E-state index contributed by atoms with van der Waals surface area (Å²) >= 11 is 0. The maximum absolute atomic E-state index is 8.64. The molecular formula is C9H13N7O2. The zero-order valence-corrected chi connectivity index (χ0v) is 9.50. The quantitative estimate of drug-likeness (QED) is 0.480. The highest BCUT2D eigenvalue weighted by molar-refractivity contribution is 5.83. The van der Waals surface area contributed by atoms with Gasteiger partial charge in [0.1, 0.15) is 17.8 Å². The van der Waals surface area contributed by atoms with Gasteiger partial charge in [0.2, 0.25) is 5.95 Å². The number of rotatable bonds is 4. The number of nitrogen functional groups attached to an aromatic ring is 2. The monoisotopic (exact) mass is 251 g/mol. The highest BCUT2D eigenvalue weighted by Gasteiger charge is 2.09. The fraction of sp³-hybridized carbons (Fsp3) is 0.333. The summed E-state index contributed by atoms with van der Waals surface area (Å²) in [6.07, 6.45) is 1.47. The molecule has 0 aliphatic carbocycles. The lowest BCUT2D eigenvalue weighted by molar-refractivity contribution is 0.0502. The third kappa shape index (κ3) is 2.21. The van der Waals surface area contributed by atoms with Crippen molar-refractivity contribution in [2.45, 2.75) is 6.73 Å². The highest BCUT2D eigenvalue weighted by atomic mass is 16.5. The molecule has 0 radical (unpaired) electrons. The molecule has 9 heteroatoms. The normalized spacial score (nSPS) is 10.9. The van der Waals surface area contributed by atoms with Crippen molar-refractivity contribution in [3.8, 4) is 0 Å². The number of nitrogens with two attached hydrogens (primary N) is 2. The van der Waals surface area contributed by atoms with Gasteiger partial charge in [-0.05, 0) is 0 Å². The van der Waals surface area contributed by atoms with E-state index in [1.165, 1.54) is 6.33 Å². The van der Waals surface area contributed by atoms with E-state index in [1.807, 2.05) is 0 Å². The predicted octanol–water partition coefficient (Wildman–Crippen LogP) is -1.56. The number of aliphatic hydroxyl groups is 1. The van der Waals surface area contributed by atoms with Crippen LogP contribution in [0.2, 0.25) is 0 Å². The van der Waals surface area contributed by atoms with Crippen LogP contribution in [-0.2, 0) is 11.5 Å². The lowest BCUT2D eigenvalue weighted by atomic mass is 10.4. The second-order valence-electron chi connectivity index (χ2n) is 3.49. The lowest BCUT2D eigenvalue weighted by Gasteiger charge is -2.04. The topological polar surface area (TPSA) is 149 Å². The van der Waals surface area contributed by atoms with Gasteiger partial charge in [-0.3, -0.25) is 5.41 Å². The molecule has 0 aliphatic rings. The summed E-state index contributed by atoms with van der Waals surface area (Å²) in [6, 6.07) is 0. The van der Waals surface area contributed by atoms with Gasteiger partial charge in [-0.1, -0.05) is 0 Å². The van der Waals surface area contributed by atoms with Crippen LogP contribution in [0.5, 0.6) is 0 Å². The molecule has 0 amide bonds. The van der Waals surface area contributed by atoms with Crippen molar-refractivity contribution >= 4 is 22.8 Å². The van der Waals surface area contributed by atoms with Gasteiger partial charge < -0.3 is 25.9 Å². The Morgan fingerprint density at radius 1 is 1.39 bits per heavy atom. The Morgan fingerprint density at radius 3 is 2.89 bits per heavy atom. The van der Waals surface area contributed by atoms with E-state index in [4.69, 9.17) is 26.7 Å². The van der Waals surface area contributed by atoms with Gasteiger partial charge >= 0.3 is 0 Å². The summed E-state index contributed by atoms with van der Waals surface area (Å²) in [6.45, 7) is 0.263. The predicted molar refractivity (Wildman–Crippen MR) is 63.0 cm³/mol. The lowest BCUT2D eigenvalue weighted by Crippen LogP contribution is -2.07. The minimum atomic E-state index is -0.104. The Balaban J connectivity index is 2.55. The third-order valence-electron chi connectivity index (χ3n) is 2.23. The Hall–Kier alpha value is -2.26. The number of imidazole rings is 1. The van der Waals surface area contributed by atoms with Crippen molar-refractivity contribution in [2.24, 2.45) is 0 Å². The van der Waals surface area contributed by atoms with E-state index in [0.717, 1.165) is 0 Å². The van der Waals surface area contributed by atoms with E-state index in [9.17, 15) is 0 Å². The van der Waals surface area contributed by atoms with Crippen LogP contribution in [0.3, 0.4) is 0 Å². The van der Waals surface area contributed by atoms with Crippen molar-refractivity contribution in [3.63, 3.8) is 0 Å². The van der Waals surface area contributed by atoms with E-state index in [2.05, 4.69) is 15.0 Å². The van der Waals surface area contributed by atoms with Crippen LogP contribution >= 0.6 is 0 Å². The molecule has 2 heterocycles. The largest absolute Gasteiger partial charge is 0.394 e. The molecule has 6 N–H and O–H groups in total. The van der Waals surface area contributed by atoms with Gasteiger partial charge in [-0.25, -0.2) is 4.98 Å². The second kappa shape index (κ2) is 4.94. The number of aromatic nitrogens is 4. The van der Waals surface area contributed by atoms with Crippen LogP contribution in [0.25, 0.3) is 11.0 Å². The second-order valence-corrected chi connectivity index (χ2v) is 3.49. The summed E-state index contributed by atoms with van der Waals surface area (Å²) < 4.78 is 6.74. The van der Waals surface area contributed by atoms with E-state index in [0.29, 0.717) is 11.0 Å². The van der Waals surface area contributed by atoms with Gasteiger partial charge in [-0.15, -0.1) is 0 Å². The number of nitrogens with one attached hydrogen (secondary N) is 1. The first kappa shape index (κ1) is 12.2. The Bertz CT molecular complexity index is 624. The summed E-state index contributed by atoms with van der Waals surface area (Å²) in [7, 11) is 0. The molecule has 96 valence electrons. The Kier molecular flexibility index (Phi) is 3.35. The molecule has 0 aliphatic heterocycles. The maximum Gasteiger partial charge on any atom is 0.224 e. The summed E-state index contributed by atoms with van der Waals surface area (Å²) in [5.74, 6) is 0.0388. The standard InChI is InChI=1S/C9H13N7O2/c10-7-5-6(8(11)15-9(12)14-7)16(3-13-5)4-18-2-1-17/h3,17H,1-2,4H2,(H5,10,11,12,14,15). The van der Waals surface area contributed by atoms with Crippen LogP contribution in [0.15, 0.2) is 6.33 Å². The first-order valence-corrected chi connectivity index (χ1v) is 5.15. The molecule has 0 bridgehead atoms. The van der Waals surface area contributed by atoms with Crippen LogP contribution in [-0.4, -0.2) is 37.8 Å². The Morgan fingerprint density at radius 2 is 2.17 bits per heavy atom. The molecule has 18 heavy (non-hydrogen) atoms. The smallest absolute Gasteiger partial charge is 0.224 e. The number of fused-ring (bicyclic) bond motifs is 1. The fourth-order valence-corrected chi connectivity index (χ4v) is 1.52. The first-order chi connectivity index (χ1) is 8.63. The van der Waals surface area contributed by atoms with Crippen molar-refractivity contribution in [2.75, 3.05) is 24.7 Å². The SMILES string of the molecule is N=c1nc(N)nc(N)c2c1ncn2COCCO. The molecule has 0 saturated heterocycles. The third-order valence-corrected chi connectivity index (χ3v) is 2.23. The summed E-state index contributed by atoms with van der Waals surface area (Å²) in [4.78, 5) is 11.6. The average molecular weight is 251 g/mol. The molecule has 0 atom stereocenters. The van der Waals surface area contributed by atoms with E-state index in [-0.39, 0.29) is 37.2 Å². The Labute approximate surface area is 102 Å². The molecule has 2 aromatic rings. The van der Waals surface area contributed by atoms with Crippen LogP contribution < -0.4 is 17.0 Å². The van der Waals surface area contributed by atoms with E-state index < -0.39 is 0 Å². The van der Waals surface area contributed by atoms with E-state index in [1.54, 1.807) is 4.57 Å². The number of hydrogen-bond acceptors (Lipinski definition) is 8. The van der Waals surface area contributed by atoms with Crippen molar-refractivity contribution < 1.29 is 9.84 Å². The van der Waals surface area contributed by atoms with Gasteiger partial charge in [-0.2, -0.15) is 9.97 Å². The van der Waals surface area contributed by atoms with Crippen LogP contribution in [0, 0.1) is 5.41 Å². The van der Waals surface area contributed by atoms with Gasteiger partial charge in [0, 0.05) is 0 Å². The molecular weight excluding hydrogens is 238 g/mol. The molecule has 0 spiro atoms. The zero-order chi connectivity index (χ0) is 13.1. The van der Waals surface area contributed by atoms with Crippen molar-refractivity contribution in [1.29, 1.82) is 5.41 Å². The van der Waals surface area contributed by atoms with Crippen LogP contribution in [0.1, 0.15) is 0 Å². The van der Waals surface area contributed by atoms with Crippen molar-refractivity contribution in [1.82, 2.24) is 19.5 Å². The molecule has 0 fully saturated rings. The maximum atomic E-state index is 8.64. The van der Waals surface area contributed by atoms with Gasteiger partial charge in [0.15, 0.2) is 11.3 Å². The van der Waals surface area contributed by atoms with Gasteiger partial charge in [0.25, 0.3) is 0 Å². The molecule has 2 rings (SSSR count). The molecule has 0 aromatic carbocycles. The summed E-state index contributed by atoms with van der Waals surface area (Å²) in [5.41, 5.74) is 11.9. The van der Waals surface area contributed by atoms with Crippen molar-refractivity contribution in [3.05, 3.63) is 11.8 Å². The van der Waals surface area contributed by atoms with Gasteiger partial charge in [0.05, 0.1) is 19.5 Å². The fourth-order valence-electron chi connectivity index (χ4n) is 1.52. The van der Waals surface area contributed by atoms with Crippen LogP contribution in [0.4, 0.5) is 11.8 Å². The highest BCUT2D eigenvalue weighted by Crippen LogP contribution is 2.14. The molecule has 0 unspecified atom stereocenters. The number of hydrogen-bond donors (Lipinski definition) is 4. The zero-order valence-electron chi connectivity index (χ0n) is 9.50. The molecule has 2 aromatic heterocycles. The summed E-state index contributed by atoms with van der Waals surface area (Å²) in [5, 5.41) is 16.3. The minimum absolute atomic E-state index is 0.0770. The average Bonchev–Trinajstić information content (AvgIpc) is 2.68. The molecule has 9 nitrogen and oxygen atoms in total.